The number of aryl methyl sites for hydroxylation is 1. The van der Waals surface area contributed by atoms with E-state index in [1.165, 1.54) is 37.0 Å². The minimum absolute atomic E-state index is 0.931. The molecule has 0 saturated heterocycles. The Morgan fingerprint density at radius 2 is 2.16 bits per heavy atom. The molecule has 1 aromatic carbocycles. The van der Waals surface area contributed by atoms with Gasteiger partial charge in [-0.2, -0.15) is 0 Å². The molecule has 19 heavy (non-hydrogen) atoms. The maximum atomic E-state index is 4.57. The van der Waals surface area contributed by atoms with Crippen molar-refractivity contribution in [3.05, 3.63) is 39.6 Å². The first-order valence-corrected chi connectivity index (χ1v) is 8.12. The van der Waals surface area contributed by atoms with Crippen molar-refractivity contribution < 1.29 is 0 Å². The van der Waals surface area contributed by atoms with Crippen LogP contribution < -0.4 is 0 Å². The fourth-order valence-electron chi connectivity index (χ4n) is 2.76. The highest BCUT2D eigenvalue weighted by atomic mass is 32.2. The van der Waals surface area contributed by atoms with E-state index in [1.807, 2.05) is 23.1 Å². The normalized spacial score (nSPS) is 18.4. The van der Waals surface area contributed by atoms with E-state index < -0.39 is 0 Å². The van der Waals surface area contributed by atoms with Crippen LogP contribution in [0.1, 0.15) is 18.1 Å². The second kappa shape index (κ2) is 4.12. The Labute approximate surface area is 120 Å². The van der Waals surface area contributed by atoms with E-state index >= 15 is 0 Å². The molecule has 4 heteroatoms. The Hall–Kier alpha value is -1.26. The van der Waals surface area contributed by atoms with Crippen LogP contribution in [0.4, 0.5) is 0 Å². The van der Waals surface area contributed by atoms with E-state index in [2.05, 4.69) is 47.3 Å². The number of hydrogen-bond donors (Lipinski definition) is 0. The zero-order chi connectivity index (χ0) is 13.0. The van der Waals surface area contributed by atoms with Crippen LogP contribution in [-0.2, 0) is 0 Å². The maximum Gasteiger partial charge on any atom is 0.168 e. The first kappa shape index (κ1) is 11.6. The van der Waals surface area contributed by atoms with Gasteiger partial charge in [-0.1, -0.05) is 23.4 Å². The fraction of sp³-hybridized carbons (Fsp3) is 0.267. The Kier molecular flexibility index (Phi) is 2.50. The number of allylic oxidation sites excluding steroid dienone is 1. The third kappa shape index (κ3) is 1.66. The zero-order valence-electron chi connectivity index (χ0n) is 10.9. The molecule has 0 unspecified atom stereocenters. The van der Waals surface area contributed by atoms with Crippen molar-refractivity contribution >= 4 is 44.0 Å². The first-order chi connectivity index (χ1) is 9.24. The van der Waals surface area contributed by atoms with E-state index in [1.54, 1.807) is 0 Å². The number of nitrogens with zero attached hydrogens (tertiary/aromatic N) is 2. The molecule has 0 saturated carbocycles. The van der Waals surface area contributed by atoms with Gasteiger partial charge in [-0.15, -0.1) is 11.3 Å². The minimum Gasteiger partial charge on any atom is -0.318 e. The van der Waals surface area contributed by atoms with E-state index in [0.29, 0.717) is 0 Å². The van der Waals surface area contributed by atoms with Crippen molar-refractivity contribution in [1.82, 2.24) is 4.90 Å². The van der Waals surface area contributed by atoms with Gasteiger partial charge in [-0.05, 0) is 26.0 Å². The highest BCUT2D eigenvalue weighted by Gasteiger charge is 2.31. The molecule has 2 aromatic rings. The number of fused-ring (bicyclic) bond motifs is 2. The molecule has 0 spiro atoms. The zero-order valence-corrected chi connectivity index (χ0v) is 12.6. The van der Waals surface area contributed by atoms with Gasteiger partial charge in [0.2, 0.25) is 0 Å². The van der Waals surface area contributed by atoms with Crippen LogP contribution in [0.15, 0.2) is 33.5 Å². The number of thiophene rings is 1. The van der Waals surface area contributed by atoms with Crippen molar-refractivity contribution in [3.63, 3.8) is 0 Å². The molecule has 2 aliphatic rings. The number of hydrogen-bond acceptors (Lipinski definition) is 4. The van der Waals surface area contributed by atoms with Crippen LogP contribution in [-0.4, -0.2) is 23.2 Å². The van der Waals surface area contributed by atoms with Crippen molar-refractivity contribution in [2.45, 2.75) is 13.8 Å². The van der Waals surface area contributed by atoms with Crippen LogP contribution in [0, 0.1) is 6.92 Å². The van der Waals surface area contributed by atoms with E-state index in [9.17, 15) is 0 Å². The summed E-state index contributed by atoms with van der Waals surface area (Å²) in [5.41, 5.74) is 4.07. The van der Waals surface area contributed by atoms with Crippen LogP contribution in [0.25, 0.3) is 15.8 Å². The van der Waals surface area contributed by atoms with Gasteiger partial charge in [0.05, 0.1) is 12.2 Å². The van der Waals surface area contributed by atoms with Crippen LogP contribution in [0.5, 0.6) is 0 Å². The molecular weight excluding hydrogens is 272 g/mol. The highest BCUT2D eigenvalue weighted by Crippen LogP contribution is 2.44. The topological polar surface area (TPSA) is 15.6 Å². The SMILES string of the molecule is CC1=C(c2csc3ccc(C)cc23)N2CCN=C2S1. The number of aliphatic imine (C=N–C) groups is 1. The number of rotatable bonds is 1. The smallest absolute Gasteiger partial charge is 0.168 e. The summed E-state index contributed by atoms with van der Waals surface area (Å²) in [4.78, 5) is 8.33. The molecule has 0 amide bonds. The van der Waals surface area contributed by atoms with Crippen molar-refractivity contribution in [1.29, 1.82) is 0 Å². The molecule has 96 valence electrons. The quantitative estimate of drug-likeness (QED) is 0.776. The molecular formula is C15H14N2S2. The summed E-state index contributed by atoms with van der Waals surface area (Å²) >= 11 is 3.65. The summed E-state index contributed by atoms with van der Waals surface area (Å²) in [6, 6.07) is 6.73. The molecule has 0 fully saturated rings. The molecule has 2 aliphatic heterocycles. The third-order valence-electron chi connectivity index (χ3n) is 3.63. The second-order valence-corrected chi connectivity index (χ2v) is 7.06. The fourth-order valence-corrected chi connectivity index (χ4v) is 4.72. The monoisotopic (exact) mass is 286 g/mol. The summed E-state index contributed by atoms with van der Waals surface area (Å²) in [5.74, 6) is 0. The van der Waals surface area contributed by atoms with Gasteiger partial charge in [0.1, 0.15) is 0 Å². The molecule has 0 aliphatic carbocycles. The summed E-state index contributed by atoms with van der Waals surface area (Å²) in [6.07, 6.45) is 0. The van der Waals surface area contributed by atoms with Crippen LogP contribution in [0.3, 0.4) is 0 Å². The molecule has 3 heterocycles. The first-order valence-electron chi connectivity index (χ1n) is 6.43. The Morgan fingerprint density at radius 3 is 3.05 bits per heavy atom. The van der Waals surface area contributed by atoms with Gasteiger partial charge in [0, 0.05) is 32.5 Å². The lowest BCUT2D eigenvalue weighted by atomic mass is 10.1. The summed E-state index contributed by atoms with van der Waals surface area (Å²) in [7, 11) is 0. The lowest BCUT2D eigenvalue weighted by Gasteiger charge is -2.16. The summed E-state index contributed by atoms with van der Waals surface area (Å²) < 4.78 is 1.37. The average molecular weight is 286 g/mol. The number of amidine groups is 1. The molecule has 0 radical (unpaired) electrons. The highest BCUT2D eigenvalue weighted by molar-refractivity contribution is 8.17. The van der Waals surface area contributed by atoms with Crippen LogP contribution >= 0.6 is 23.1 Å². The maximum absolute atomic E-state index is 4.57. The Balaban J connectivity index is 1.93. The predicted molar refractivity (Wildman–Crippen MR) is 85.8 cm³/mol. The van der Waals surface area contributed by atoms with E-state index in [4.69, 9.17) is 0 Å². The van der Waals surface area contributed by atoms with E-state index in [-0.39, 0.29) is 0 Å². The van der Waals surface area contributed by atoms with E-state index in [0.717, 1.165) is 13.1 Å². The van der Waals surface area contributed by atoms with Gasteiger partial charge in [0.15, 0.2) is 5.17 Å². The predicted octanol–water partition coefficient (Wildman–Crippen LogP) is 4.32. The Bertz CT molecular complexity index is 740. The number of thioether (sulfide) groups is 1. The number of benzene rings is 1. The molecule has 4 rings (SSSR count). The van der Waals surface area contributed by atoms with Crippen molar-refractivity contribution in [3.8, 4) is 0 Å². The van der Waals surface area contributed by atoms with Crippen molar-refractivity contribution in [2.75, 3.05) is 13.1 Å². The van der Waals surface area contributed by atoms with Gasteiger partial charge in [-0.25, -0.2) is 0 Å². The van der Waals surface area contributed by atoms with Crippen LogP contribution in [0.2, 0.25) is 0 Å². The second-order valence-electron chi connectivity index (χ2n) is 4.97. The molecule has 0 N–H and O–H groups in total. The molecule has 0 atom stereocenters. The van der Waals surface area contributed by atoms with Gasteiger partial charge in [0.25, 0.3) is 0 Å². The van der Waals surface area contributed by atoms with Gasteiger partial charge < -0.3 is 4.90 Å². The standard InChI is InChI=1S/C15H14N2S2/c1-9-3-4-13-11(7-9)12(8-18-13)14-10(2)19-15-16-5-6-17(14)15/h3-4,7-8H,5-6H2,1-2H3. The lowest BCUT2D eigenvalue weighted by molar-refractivity contribution is 0.649. The third-order valence-corrected chi connectivity index (χ3v) is 5.63. The Morgan fingerprint density at radius 1 is 1.26 bits per heavy atom. The summed E-state index contributed by atoms with van der Waals surface area (Å²) in [5, 5.41) is 4.86. The minimum atomic E-state index is 0.931. The molecule has 0 bridgehead atoms. The molecule has 2 nitrogen and oxygen atoms in total. The van der Waals surface area contributed by atoms with Gasteiger partial charge in [-0.3, -0.25) is 4.99 Å². The average Bonchev–Trinajstić information content (AvgIpc) is 3.03. The van der Waals surface area contributed by atoms with Crippen molar-refractivity contribution in [2.24, 2.45) is 4.99 Å². The largest absolute Gasteiger partial charge is 0.318 e. The summed E-state index contributed by atoms with van der Waals surface area (Å²) in [6.45, 7) is 6.33. The lowest BCUT2D eigenvalue weighted by Crippen LogP contribution is -2.19. The van der Waals surface area contributed by atoms with Gasteiger partial charge >= 0.3 is 0 Å². The molecule has 1 aromatic heterocycles.